The van der Waals surface area contributed by atoms with Gasteiger partial charge in [0.2, 0.25) is 0 Å². The minimum absolute atomic E-state index is 0.0111. The average Bonchev–Trinajstić information content (AvgIpc) is 2.63. The fourth-order valence-electron chi connectivity index (χ4n) is 2.21. The van der Waals surface area contributed by atoms with Gasteiger partial charge in [0.15, 0.2) is 11.9 Å². The van der Waals surface area contributed by atoms with Crippen molar-refractivity contribution in [1.29, 1.82) is 0 Å². The van der Waals surface area contributed by atoms with E-state index in [1.165, 1.54) is 6.07 Å². The van der Waals surface area contributed by atoms with Crippen LogP contribution in [0, 0.1) is 5.82 Å². The maximum atomic E-state index is 13.8. The van der Waals surface area contributed by atoms with Crippen LogP contribution in [0.1, 0.15) is 29.3 Å². The maximum absolute atomic E-state index is 13.8. The predicted molar refractivity (Wildman–Crippen MR) is 95.2 cm³/mol. The minimum Gasteiger partial charge on any atom is -0.484 e. The van der Waals surface area contributed by atoms with Gasteiger partial charge < -0.3 is 9.47 Å². The van der Waals surface area contributed by atoms with Gasteiger partial charge in [-0.2, -0.15) is 0 Å². The van der Waals surface area contributed by atoms with E-state index in [9.17, 15) is 13.6 Å². The molecular formula is C19H19BrF2O3. The third-order valence-electron chi connectivity index (χ3n) is 3.53. The third kappa shape index (κ3) is 5.61. The van der Waals surface area contributed by atoms with Gasteiger partial charge in [0.05, 0.1) is 23.2 Å². The van der Waals surface area contributed by atoms with Crippen LogP contribution in [0.15, 0.2) is 46.9 Å². The van der Waals surface area contributed by atoms with Gasteiger partial charge in [0, 0.05) is 12.5 Å². The van der Waals surface area contributed by atoms with Gasteiger partial charge in [-0.05, 0) is 27.6 Å². The summed E-state index contributed by atoms with van der Waals surface area (Å²) in [6, 6.07) is 11.9. The van der Waals surface area contributed by atoms with Crippen LogP contribution in [0.5, 0.6) is 5.75 Å². The largest absolute Gasteiger partial charge is 0.484 e. The van der Waals surface area contributed by atoms with Crippen LogP contribution in [-0.2, 0) is 11.3 Å². The second-order valence-electron chi connectivity index (χ2n) is 5.43. The molecule has 1 unspecified atom stereocenters. The molecule has 0 bridgehead atoms. The Morgan fingerprint density at radius 1 is 1.24 bits per heavy atom. The number of alkyl halides is 1. The normalized spacial score (nSPS) is 12.0. The second kappa shape index (κ2) is 9.63. The van der Waals surface area contributed by atoms with Crippen molar-refractivity contribution < 1.29 is 23.0 Å². The molecule has 0 aliphatic rings. The lowest BCUT2D eigenvalue weighted by Crippen LogP contribution is -2.26. The van der Waals surface area contributed by atoms with Gasteiger partial charge in [-0.15, -0.1) is 0 Å². The topological polar surface area (TPSA) is 35.5 Å². The Hall–Kier alpha value is -1.79. The molecule has 0 spiro atoms. The number of halogens is 3. The zero-order valence-electron chi connectivity index (χ0n) is 13.8. The van der Waals surface area contributed by atoms with Crippen molar-refractivity contribution in [2.45, 2.75) is 26.1 Å². The average molecular weight is 413 g/mol. The van der Waals surface area contributed by atoms with Crippen molar-refractivity contribution >= 4 is 21.7 Å². The van der Waals surface area contributed by atoms with Crippen LogP contribution in [0.2, 0.25) is 0 Å². The molecule has 134 valence electrons. The summed E-state index contributed by atoms with van der Waals surface area (Å²) in [5.74, 6) is -0.762. The van der Waals surface area contributed by atoms with Gasteiger partial charge in [-0.25, -0.2) is 8.78 Å². The Labute approximate surface area is 154 Å². The predicted octanol–water partition coefficient (Wildman–Crippen LogP) is 5.11. The molecule has 3 nitrogen and oxygen atoms in total. The highest BCUT2D eigenvalue weighted by atomic mass is 79.9. The van der Waals surface area contributed by atoms with E-state index in [-0.39, 0.29) is 34.6 Å². The molecule has 2 rings (SSSR count). The molecule has 0 aromatic heterocycles. The lowest BCUT2D eigenvalue weighted by molar-refractivity contribution is 0.0291. The maximum Gasteiger partial charge on any atom is 0.166 e. The number of hydrogen-bond donors (Lipinski definition) is 0. The molecule has 0 amide bonds. The van der Waals surface area contributed by atoms with E-state index in [2.05, 4.69) is 15.9 Å². The van der Waals surface area contributed by atoms with Crippen molar-refractivity contribution in [3.63, 3.8) is 0 Å². The molecular weight excluding hydrogens is 394 g/mol. The first-order valence-electron chi connectivity index (χ1n) is 7.91. The fourth-order valence-corrected chi connectivity index (χ4v) is 2.55. The van der Waals surface area contributed by atoms with Crippen LogP contribution >= 0.6 is 15.9 Å². The number of hydrogen-bond acceptors (Lipinski definition) is 3. The fraction of sp³-hybridized carbons (Fsp3) is 0.316. The molecule has 0 aliphatic heterocycles. The molecule has 0 aliphatic carbocycles. The van der Waals surface area contributed by atoms with Gasteiger partial charge in [0.1, 0.15) is 18.2 Å². The molecule has 0 saturated carbocycles. The molecule has 1 atom stereocenters. The monoisotopic (exact) mass is 412 g/mol. The first kappa shape index (κ1) is 19.5. The highest BCUT2D eigenvalue weighted by molar-refractivity contribution is 9.10. The molecule has 2 aromatic carbocycles. The van der Waals surface area contributed by atoms with E-state index in [4.69, 9.17) is 9.47 Å². The van der Waals surface area contributed by atoms with Crippen LogP contribution in [-0.4, -0.2) is 25.2 Å². The molecule has 6 heteroatoms. The summed E-state index contributed by atoms with van der Waals surface area (Å²) >= 11 is 3.05. The van der Waals surface area contributed by atoms with Crippen molar-refractivity contribution in [1.82, 2.24) is 0 Å². The lowest BCUT2D eigenvalue weighted by atomic mass is 10.1. The smallest absolute Gasteiger partial charge is 0.166 e. The van der Waals surface area contributed by atoms with Gasteiger partial charge in [-0.1, -0.05) is 37.3 Å². The first-order chi connectivity index (χ1) is 12.0. The Bertz CT molecular complexity index is 707. The Balaban J connectivity index is 2.05. The Morgan fingerprint density at radius 3 is 2.60 bits per heavy atom. The Morgan fingerprint density at radius 2 is 1.96 bits per heavy atom. The zero-order valence-corrected chi connectivity index (χ0v) is 15.4. The number of ether oxygens (including phenoxy) is 2. The Kier molecular flexibility index (Phi) is 7.52. The van der Waals surface area contributed by atoms with Crippen LogP contribution in [0.3, 0.4) is 0 Å². The van der Waals surface area contributed by atoms with Crippen molar-refractivity contribution in [3.8, 4) is 5.75 Å². The number of carbonyl (C=O) groups excluding carboxylic acids is 1. The number of ketones is 1. The summed E-state index contributed by atoms with van der Waals surface area (Å²) in [5.41, 5.74) is 1.17. The van der Waals surface area contributed by atoms with E-state index in [1.54, 1.807) is 6.92 Å². The lowest BCUT2D eigenvalue weighted by Gasteiger charge is -2.19. The number of rotatable bonds is 9. The summed E-state index contributed by atoms with van der Waals surface area (Å²) in [5, 5.41) is 0. The molecule has 0 N–H and O–H groups in total. The SMILES string of the molecule is CCC(=O)c1cc(Br)c(F)cc1OC(CF)COCc1ccccc1. The first-order valence-corrected chi connectivity index (χ1v) is 8.71. The number of carbonyl (C=O) groups is 1. The van der Waals surface area contributed by atoms with Gasteiger partial charge in [0.25, 0.3) is 0 Å². The molecule has 0 radical (unpaired) electrons. The van der Waals surface area contributed by atoms with E-state index in [0.29, 0.717) is 6.61 Å². The molecule has 0 saturated heterocycles. The summed E-state index contributed by atoms with van der Waals surface area (Å²) in [4.78, 5) is 12.0. The highest BCUT2D eigenvalue weighted by Crippen LogP contribution is 2.28. The summed E-state index contributed by atoms with van der Waals surface area (Å²) in [7, 11) is 0. The van der Waals surface area contributed by atoms with Crippen LogP contribution in [0.4, 0.5) is 8.78 Å². The second-order valence-corrected chi connectivity index (χ2v) is 6.29. The van der Waals surface area contributed by atoms with E-state index in [0.717, 1.165) is 11.6 Å². The van der Waals surface area contributed by atoms with Crippen LogP contribution in [0.25, 0.3) is 0 Å². The third-order valence-corrected chi connectivity index (χ3v) is 4.13. The number of benzene rings is 2. The zero-order chi connectivity index (χ0) is 18.2. The van der Waals surface area contributed by atoms with Crippen molar-refractivity contribution in [3.05, 3.63) is 63.9 Å². The van der Waals surface area contributed by atoms with Gasteiger partial charge in [-0.3, -0.25) is 4.79 Å². The van der Waals surface area contributed by atoms with E-state index >= 15 is 0 Å². The minimum atomic E-state index is -0.923. The summed E-state index contributed by atoms with van der Waals surface area (Å²) in [6.45, 7) is 1.18. The standard InChI is InChI=1S/C19H19BrF2O3/c1-2-18(23)15-8-16(20)17(22)9-19(15)25-14(10-21)12-24-11-13-6-4-3-5-7-13/h3-9,14H,2,10-12H2,1H3. The van der Waals surface area contributed by atoms with Gasteiger partial charge >= 0.3 is 0 Å². The van der Waals surface area contributed by atoms with E-state index in [1.807, 2.05) is 30.3 Å². The highest BCUT2D eigenvalue weighted by Gasteiger charge is 2.19. The van der Waals surface area contributed by atoms with Crippen LogP contribution < -0.4 is 4.74 Å². The molecule has 25 heavy (non-hydrogen) atoms. The van der Waals surface area contributed by atoms with Crippen molar-refractivity contribution in [2.24, 2.45) is 0 Å². The molecule has 0 heterocycles. The summed E-state index contributed by atoms with van der Waals surface area (Å²) < 4.78 is 38.2. The summed E-state index contributed by atoms with van der Waals surface area (Å²) in [6.07, 6.45) is -0.688. The quantitative estimate of drug-likeness (QED) is 0.536. The van der Waals surface area contributed by atoms with E-state index < -0.39 is 18.6 Å². The number of Topliss-reactive ketones (excluding diaryl/α,β-unsaturated/α-hetero) is 1. The van der Waals surface area contributed by atoms with Crippen molar-refractivity contribution in [2.75, 3.05) is 13.3 Å². The molecule has 0 fully saturated rings. The molecule has 2 aromatic rings.